The van der Waals surface area contributed by atoms with Crippen LogP contribution in [0.5, 0.6) is 5.75 Å². The minimum atomic E-state index is -3.76. The van der Waals surface area contributed by atoms with Crippen LogP contribution in [0.15, 0.2) is 59.5 Å². The van der Waals surface area contributed by atoms with Gasteiger partial charge in [-0.25, -0.2) is 8.42 Å². The Morgan fingerprint density at radius 2 is 1.64 bits per heavy atom. The number of rotatable bonds is 8. The Hall–Kier alpha value is -1.89. The molecule has 5 nitrogen and oxygen atoms in total. The third-order valence-electron chi connectivity index (χ3n) is 4.17. The molecule has 0 saturated heterocycles. The zero-order chi connectivity index (χ0) is 18.4. The molecule has 0 saturated carbocycles. The van der Waals surface area contributed by atoms with Crippen molar-refractivity contribution in [3.63, 3.8) is 0 Å². The molecule has 0 aliphatic heterocycles. The Kier molecular flexibility index (Phi) is 6.58. The molecule has 6 heteroatoms. The van der Waals surface area contributed by atoms with Gasteiger partial charge in [-0.15, -0.1) is 0 Å². The molecule has 2 aromatic rings. The second-order valence-electron chi connectivity index (χ2n) is 6.21. The molecular weight excluding hydrogens is 338 g/mol. The molecule has 0 spiro atoms. The summed E-state index contributed by atoms with van der Waals surface area (Å²) < 4.78 is 32.9. The molecule has 2 rings (SSSR count). The Morgan fingerprint density at radius 3 is 2.12 bits per heavy atom. The van der Waals surface area contributed by atoms with Crippen LogP contribution in [0.1, 0.15) is 19.4 Å². The summed E-state index contributed by atoms with van der Waals surface area (Å²) in [4.78, 5) is 0.184. The lowest BCUT2D eigenvalue weighted by molar-refractivity contribution is 0.148. The number of sulfonamides is 1. The lowest BCUT2D eigenvalue weighted by atomic mass is 10.1. The van der Waals surface area contributed by atoms with E-state index in [0.29, 0.717) is 5.75 Å². The standard InChI is InChI=1S/C19H25NO4S/c1-15(2)19(14-21)20(13-16-7-5-4-6-8-16)25(22,23)18-11-9-17(24-3)10-12-18/h4-12,15,19,21H,13-14H2,1-3H3/t19-/m1/s1. The number of nitrogens with zero attached hydrogens (tertiary/aromatic N) is 1. The van der Waals surface area contributed by atoms with Gasteiger partial charge in [0.25, 0.3) is 0 Å². The van der Waals surface area contributed by atoms with Crippen LogP contribution in [0.25, 0.3) is 0 Å². The van der Waals surface area contributed by atoms with Crippen molar-refractivity contribution in [3.05, 3.63) is 60.2 Å². The van der Waals surface area contributed by atoms with Crippen LogP contribution in [0.2, 0.25) is 0 Å². The van der Waals surface area contributed by atoms with Gasteiger partial charge >= 0.3 is 0 Å². The second-order valence-corrected chi connectivity index (χ2v) is 8.10. The summed E-state index contributed by atoms with van der Waals surface area (Å²) in [6, 6.07) is 15.2. The number of hydrogen-bond donors (Lipinski definition) is 1. The van der Waals surface area contributed by atoms with E-state index in [9.17, 15) is 13.5 Å². The lowest BCUT2D eigenvalue weighted by Gasteiger charge is -2.32. The monoisotopic (exact) mass is 363 g/mol. The molecule has 0 aliphatic rings. The number of aliphatic hydroxyl groups excluding tert-OH is 1. The fourth-order valence-electron chi connectivity index (χ4n) is 2.66. The van der Waals surface area contributed by atoms with Gasteiger partial charge in [-0.2, -0.15) is 4.31 Å². The highest BCUT2D eigenvalue weighted by Gasteiger charge is 2.33. The van der Waals surface area contributed by atoms with E-state index in [4.69, 9.17) is 4.74 Å². The van der Waals surface area contributed by atoms with E-state index in [1.807, 2.05) is 44.2 Å². The van der Waals surface area contributed by atoms with Crippen molar-refractivity contribution in [2.75, 3.05) is 13.7 Å². The Bertz CT molecular complexity index is 758. The molecule has 0 aromatic heterocycles. The van der Waals surface area contributed by atoms with Gasteiger partial charge in [0, 0.05) is 6.54 Å². The van der Waals surface area contributed by atoms with Crippen molar-refractivity contribution in [1.29, 1.82) is 0 Å². The Balaban J connectivity index is 2.44. The first kappa shape index (κ1) is 19.4. The highest BCUT2D eigenvalue weighted by molar-refractivity contribution is 7.89. The Labute approximate surface area is 149 Å². The lowest BCUT2D eigenvalue weighted by Crippen LogP contribution is -2.44. The molecule has 25 heavy (non-hydrogen) atoms. The summed E-state index contributed by atoms with van der Waals surface area (Å²) in [5.74, 6) is 0.567. The number of aliphatic hydroxyl groups is 1. The normalized spacial score (nSPS) is 13.2. The SMILES string of the molecule is COc1ccc(S(=O)(=O)N(Cc2ccccc2)[C@H](CO)C(C)C)cc1. The fraction of sp³-hybridized carbons (Fsp3) is 0.368. The van der Waals surface area contributed by atoms with E-state index in [0.717, 1.165) is 5.56 Å². The number of hydrogen-bond acceptors (Lipinski definition) is 4. The highest BCUT2D eigenvalue weighted by atomic mass is 32.2. The molecule has 0 fully saturated rings. The van der Waals surface area contributed by atoms with Gasteiger partial charge in [-0.05, 0) is 35.7 Å². The van der Waals surface area contributed by atoms with E-state index in [1.165, 1.54) is 23.5 Å². The van der Waals surface area contributed by atoms with Crippen molar-refractivity contribution >= 4 is 10.0 Å². The average molecular weight is 363 g/mol. The number of ether oxygens (including phenoxy) is 1. The Morgan fingerprint density at radius 1 is 1.04 bits per heavy atom. The maximum absolute atomic E-state index is 13.2. The predicted molar refractivity (Wildman–Crippen MR) is 97.9 cm³/mol. The van der Waals surface area contributed by atoms with Crippen LogP contribution in [0.4, 0.5) is 0 Å². The van der Waals surface area contributed by atoms with E-state index in [2.05, 4.69) is 0 Å². The second kappa shape index (κ2) is 8.47. The first-order valence-electron chi connectivity index (χ1n) is 8.20. The quantitative estimate of drug-likeness (QED) is 0.783. The van der Waals surface area contributed by atoms with E-state index in [1.54, 1.807) is 12.1 Å². The molecule has 0 radical (unpaired) electrons. The maximum Gasteiger partial charge on any atom is 0.243 e. The first-order chi connectivity index (χ1) is 11.9. The van der Waals surface area contributed by atoms with Crippen LogP contribution in [-0.2, 0) is 16.6 Å². The summed E-state index contributed by atoms with van der Waals surface area (Å²) in [7, 11) is -2.23. The molecule has 1 atom stereocenters. The molecule has 1 N–H and O–H groups in total. The van der Waals surface area contributed by atoms with Crippen LogP contribution < -0.4 is 4.74 Å². The molecule has 0 aliphatic carbocycles. The molecule has 0 heterocycles. The molecule has 0 bridgehead atoms. The molecular formula is C19H25NO4S. The van der Waals surface area contributed by atoms with Crippen molar-refractivity contribution < 1.29 is 18.3 Å². The van der Waals surface area contributed by atoms with Crippen LogP contribution in [-0.4, -0.2) is 37.6 Å². The average Bonchev–Trinajstić information content (AvgIpc) is 2.62. The van der Waals surface area contributed by atoms with Gasteiger partial charge in [0.05, 0.1) is 24.7 Å². The van der Waals surface area contributed by atoms with Crippen LogP contribution >= 0.6 is 0 Å². The van der Waals surface area contributed by atoms with E-state index in [-0.39, 0.29) is 24.0 Å². The van der Waals surface area contributed by atoms with Gasteiger partial charge < -0.3 is 9.84 Å². The minimum Gasteiger partial charge on any atom is -0.497 e. The van der Waals surface area contributed by atoms with Gasteiger partial charge in [0.1, 0.15) is 5.75 Å². The zero-order valence-corrected chi connectivity index (χ0v) is 15.6. The molecule has 2 aromatic carbocycles. The largest absolute Gasteiger partial charge is 0.497 e. The maximum atomic E-state index is 13.2. The molecule has 0 unspecified atom stereocenters. The summed E-state index contributed by atoms with van der Waals surface area (Å²) in [6.07, 6.45) is 0. The summed E-state index contributed by atoms with van der Waals surface area (Å²) in [6.45, 7) is 3.78. The van der Waals surface area contributed by atoms with E-state index < -0.39 is 16.1 Å². The minimum absolute atomic E-state index is 0.0262. The van der Waals surface area contributed by atoms with Crippen LogP contribution in [0, 0.1) is 5.92 Å². The van der Waals surface area contributed by atoms with Gasteiger partial charge in [0.15, 0.2) is 0 Å². The van der Waals surface area contributed by atoms with Crippen molar-refractivity contribution in [3.8, 4) is 5.75 Å². The smallest absolute Gasteiger partial charge is 0.243 e. The summed E-state index contributed by atoms with van der Waals surface area (Å²) in [5, 5.41) is 9.81. The zero-order valence-electron chi connectivity index (χ0n) is 14.8. The summed E-state index contributed by atoms with van der Waals surface area (Å²) in [5.41, 5.74) is 0.874. The molecule has 136 valence electrons. The highest BCUT2D eigenvalue weighted by Crippen LogP contribution is 2.25. The summed E-state index contributed by atoms with van der Waals surface area (Å²) >= 11 is 0. The topological polar surface area (TPSA) is 66.8 Å². The van der Waals surface area contributed by atoms with Gasteiger partial charge in [-0.1, -0.05) is 44.2 Å². The van der Waals surface area contributed by atoms with Crippen molar-refractivity contribution in [2.24, 2.45) is 5.92 Å². The van der Waals surface area contributed by atoms with Crippen LogP contribution in [0.3, 0.4) is 0 Å². The number of methoxy groups -OCH3 is 1. The van der Waals surface area contributed by atoms with E-state index >= 15 is 0 Å². The van der Waals surface area contributed by atoms with Gasteiger partial charge in [0.2, 0.25) is 10.0 Å². The number of benzene rings is 2. The van der Waals surface area contributed by atoms with Crippen molar-refractivity contribution in [1.82, 2.24) is 4.31 Å². The third-order valence-corrected chi connectivity index (χ3v) is 6.06. The van der Waals surface area contributed by atoms with Crippen molar-refractivity contribution in [2.45, 2.75) is 31.3 Å². The first-order valence-corrected chi connectivity index (χ1v) is 9.65. The van der Waals surface area contributed by atoms with Gasteiger partial charge in [-0.3, -0.25) is 0 Å². The third kappa shape index (κ3) is 4.60. The molecule has 0 amide bonds. The fourth-order valence-corrected chi connectivity index (χ4v) is 4.40. The predicted octanol–water partition coefficient (Wildman–Crippen LogP) is 2.90.